The second kappa shape index (κ2) is 6.05. The number of ether oxygens (including phenoxy) is 2. The first kappa shape index (κ1) is 11.5. The maximum Gasteiger partial charge on any atom is 0.509 e. The van der Waals surface area contributed by atoms with E-state index in [0.29, 0.717) is 0 Å². The van der Waals surface area contributed by atoms with Gasteiger partial charge >= 0.3 is 6.16 Å². The van der Waals surface area contributed by atoms with Crippen molar-refractivity contribution in [2.75, 3.05) is 6.61 Å². The van der Waals surface area contributed by atoms with Crippen molar-refractivity contribution in [2.24, 2.45) is 5.73 Å². The van der Waals surface area contributed by atoms with Crippen LogP contribution in [0.3, 0.4) is 0 Å². The first-order chi connectivity index (χ1) is 6.11. The van der Waals surface area contributed by atoms with Gasteiger partial charge in [0, 0.05) is 0 Å². The van der Waals surface area contributed by atoms with E-state index in [1.54, 1.807) is 19.9 Å². The van der Waals surface area contributed by atoms with E-state index in [2.05, 4.69) is 9.47 Å². The molecular weight excluding hydrogens is 174 g/mol. The highest BCUT2D eigenvalue weighted by atomic mass is 16.7. The zero-order chi connectivity index (χ0) is 10.3. The lowest BCUT2D eigenvalue weighted by Crippen LogP contribution is -2.31. The van der Waals surface area contributed by atoms with Crippen molar-refractivity contribution in [2.45, 2.75) is 20.0 Å². The third kappa shape index (κ3) is 4.84. The van der Waals surface area contributed by atoms with Gasteiger partial charge in [-0.2, -0.15) is 0 Å². The van der Waals surface area contributed by atoms with Crippen LogP contribution >= 0.6 is 0 Å². The summed E-state index contributed by atoms with van der Waals surface area (Å²) in [5, 5.41) is 0. The molecular formula is C8H13NO4. The van der Waals surface area contributed by atoms with Crippen LogP contribution in [0.15, 0.2) is 12.2 Å². The van der Waals surface area contributed by atoms with Crippen molar-refractivity contribution in [3.63, 3.8) is 0 Å². The topological polar surface area (TPSA) is 78.6 Å². The third-order valence-corrected chi connectivity index (χ3v) is 1.13. The number of carbonyl (C=O) groups is 2. The molecule has 13 heavy (non-hydrogen) atoms. The summed E-state index contributed by atoms with van der Waals surface area (Å²) in [5.41, 5.74) is 4.94. The highest BCUT2D eigenvalue weighted by molar-refractivity contribution is 5.82. The molecule has 2 N–H and O–H groups in total. The first-order valence-corrected chi connectivity index (χ1v) is 3.87. The Morgan fingerprint density at radius 3 is 2.54 bits per heavy atom. The van der Waals surface area contributed by atoms with Crippen LogP contribution in [-0.2, 0) is 14.3 Å². The van der Waals surface area contributed by atoms with Crippen LogP contribution in [-0.4, -0.2) is 24.8 Å². The Morgan fingerprint density at radius 1 is 1.54 bits per heavy atom. The lowest BCUT2D eigenvalue weighted by Gasteiger charge is -2.09. The molecule has 1 unspecified atom stereocenters. The molecule has 0 saturated heterocycles. The minimum Gasteiger partial charge on any atom is -0.435 e. The number of nitrogens with two attached hydrogens (primary N) is 1. The van der Waals surface area contributed by atoms with E-state index in [9.17, 15) is 9.59 Å². The normalized spacial score (nSPS) is 12.5. The van der Waals surface area contributed by atoms with E-state index < -0.39 is 18.2 Å². The highest BCUT2D eigenvalue weighted by Crippen LogP contribution is 1.96. The number of hydrogen-bond acceptors (Lipinski definition) is 4. The van der Waals surface area contributed by atoms with E-state index >= 15 is 0 Å². The Balaban J connectivity index is 4.10. The van der Waals surface area contributed by atoms with Crippen molar-refractivity contribution < 1.29 is 19.1 Å². The smallest absolute Gasteiger partial charge is 0.435 e. The number of amides is 1. The van der Waals surface area contributed by atoms with E-state index in [1.807, 2.05) is 0 Å². The predicted octanol–water partition coefficient (Wildman–Crippen LogP) is 0.590. The van der Waals surface area contributed by atoms with Gasteiger partial charge in [-0.25, -0.2) is 4.79 Å². The monoisotopic (exact) mass is 187 g/mol. The molecule has 1 amide bonds. The summed E-state index contributed by atoms with van der Waals surface area (Å²) in [4.78, 5) is 21.4. The Labute approximate surface area is 76.5 Å². The molecule has 0 heterocycles. The Bertz CT molecular complexity index is 212. The molecule has 0 spiro atoms. The first-order valence-electron chi connectivity index (χ1n) is 3.87. The molecule has 0 aliphatic heterocycles. The molecule has 0 aromatic heterocycles. The SMILES string of the molecule is C/C=C/C(OC(=O)OCC)C(N)=O. The summed E-state index contributed by atoms with van der Waals surface area (Å²) >= 11 is 0. The van der Waals surface area contributed by atoms with Crippen molar-refractivity contribution in [1.82, 2.24) is 0 Å². The molecule has 5 heteroatoms. The number of rotatable bonds is 4. The standard InChI is InChI=1S/C8H13NO4/c1-3-5-6(7(9)10)13-8(11)12-4-2/h3,5-6H,4H2,1-2H3,(H2,9,10)/b5-3+. The molecule has 0 aromatic rings. The summed E-state index contributed by atoms with van der Waals surface area (Å²) in [6, 6.07) is 0. The minimum atomic E-state index is -1.05. The van der Waals surface area contributed by atoms with Gasteiger partial charge in [0.05, 0.1) is 6.61 Å². The molecule has 0 aliphatic carbocycles. The molecule has 0 aliphatic rings. The maximum absolute atomic E-state index is 10.7. The number of carbonyl (C=O) groups excluding carboxylic acids is 2. The van der Waals surface area contributed by atoms with Crippen molar-refractivity contribution in [3.05, 3.63) is 12.2 Å². The van der Waals surface area contributed by atoms with Gasteiger partial charge in [0.1, 0.15) is 0 Å². The fourth-order valence-electron chi connectivity index (χ4n) is 0.623. The predicted molar refractivity (Wildman–Crippen MR) is 45.9 cm³/mol. The Hall–Kier alpha value is -1.52. The van der Waals surface area contributed by atoms with Crippen LogP contribution in [0.1, 0.15) is 13.8 Å². The lowest BCUT2D eigenvalue weighted by atomic mass is 10.3. The second-order valence-electron chi connectivity index (χ2n) is 2.15. The molecule has 0 saturated carbocycles. The molecule has 0 aromatic carbocycles. The van der Waals surface area contributed by atoms with Crippen molar-refractivity contribution in [3.8, 4) is 0 Å². The summed E-state index contributed by atoms with van der Waals surface area (Å²) in [7, 11) is 0. The fraction of sp³-hybridized carbons (Fsp3) is 0.500. The molecule has 0 radical (unpaired) electrons. The largest absolute Gasteiger partial charge is 0.509 e. The van der Waals surface area contributed by atoms with E-state index in [-0.39, 0.29) is 6.61 Å². The zero-order valence-electron chi connectivity index (χ0n) is 7.65. The van der Waals surface area contributed by atoms with Gasteiger partial charge in [-0.1, -0.05) is 6.08 Å². The summed E-state index contributed by atoms with van der Waals surface area (Å²) in [6.07, 6.45) is 0.988. The molecule has 74 valence electrons. The fourth-order valence-corrected chi connectivity index (χ4v) is 0.623. The molecule has 0 rings (SSSR count). The Kier molecular flexibility index (Phi) is 5.34. The molecule has 5 nitrogen and oxygen atoms in total. The summed E-state index contributed by atoms with van der Waals surface area (Å²) in [5.74, 6) is -0.730. The third-order valence-electron chi connectivity index (χ3n) is 1.13. The average molecular weight is 187 g/mol. The molecule has 0 bridgehead atoms. The summed E-state index contributed by atoms with van der Waals surface area (Å²) < 4.78 is 9.04. The van der Waals surface area contributed by atoms with Crippen molar-refractivity contribution in [1.29, 1.82) is 0 Å². The van der Waals surface area contributed by atoms with Crippen LogP contribution in [0.4, 0.5) is 4.79 Å². The van der Waals surface area contributed by atoms with Gasteiger partial charge in [-0.3, -0.25) is 4.79 Å². The van der Waals surface area contributed by atoms with Gasteiger partial charge < -0.3 is 15.2 Å². The lowest BCUT2D eigenvalue weighted by molar-refractivity contribution is -0.125. The van der Waals surface area contributed by atoms with Crippen LogP contribution in [0.25, 0.3) is 0 Å². The van der Waals surface area contributed by atoms with Gasteiger partial charge in [-0.15, -0.1) is 0 Å². The number of hydrogen-bond donors (Lipinski definition) is 1. The summed E-state index contributed by atoms with van der Waals surface area (Å²) in [6.45, 7) is 3.51. The van der Waals surface area contributed by atoms with Crippen LogP contribution in [0.5, 0.6) is 0 Å². The van der Waals surface area contributed by atoms with Gasteiger partial charge in [0.25, 0.3) is 5.91 Å². The number of primary amides is 1. The van der Waals surface area contributed by atoms with Gasteiger partial charge in [-0.05, 0) is 19.9 Å². The maximum atomic E-state index is 10.7. The second-order valence-corrected chi connectivity index (χ2v) is 2.15. The van der Waals surface area contributed by atoms with Gasteiger partial charge in [0.15, 0.2) is 0 Å². The van der Waals surface area contributed by atoms with Crippen LogP contribution in [0.2, 0.25) is 0 Å². The van der Waals surface area contributed by atoms with E-state index in [4.69, 9.17) is 5.73 Å². The average Bonchev–Trinajstić information content (AvgIpc) is 2.04. The van der Waals surface area contributed by atoms with Crippen LogP contribution in [0, 0.1) is 0 Å². The quantitative estimate of drug-likeness (QED) is 0.516. The van der Waals surface area contributed by atoms with Crippen molar-refractivity contribution >= 4 is 12.1 Å². The highest BCUT2D eigenvalue weighted by Gasteiger charge is 2.17. The van der Waals surface area contributed by atoms with Crippen LogP contribution < -0.4 is 5.73 Å². The Morgan fingerprint density at radius 2 is 2.15 bits per heavy atom. The van der Waals surface area contributed by atoms with E-state index in [1.165, 1.54) is 6.08 Å². The molecule has 1 atom stereocenters. The van der Waals surface area contributed by atoms with Gasteiger partial charge in [0.2, 0.25) is 6.10 Å². The molecule has 0 fully saturated rings. The van der Waals surface area contributed by atoms with E-state index in [0.717, 1.165) is 0 Å². The number of allylic oxidation sites excluding steroid dienone is 1. The zero-order valence-corrected chi connectivity index (χ0v) is 7.65. The minimum absolute atomic E-state index is 0.195.